The van der Waals surface area contributed by atoms with E-state index in [1.165, 1.54) is 4.90 Å². The van der Waals surface area contributed by atoms with Gasteiger partial charge in [0.2, 0.25) is 0 Å². The third-order valence-electron chi connectivity index (χ3n) is 5.08. The molecule has 9 heteroatoms. The molecule has 2 fully saturated rings. The van der Waals surface area contributed by atoms with Gasteiger partial charge in [-0.25, -0.2) is 9.59 Å². The molecule has 0 bridgehead atoms. The molecule has 0 saturated carbocycles. The third kappa shape index (κ3) is 2.75. The van der Waals surface area contributed by atoms with Crippen LogP contribution in [0.5, 0.6) is 0 Å². The van der Waals surface area contributed by atoms with Gasteiger partial charge in [-0.2, -0.15) is 0 Å². The second kappa shape index (κ2) is 6.01. The Labute approximate surface area is 149 Å². The number of imide groups is 1. The van der Waals surface area contributed by atoms with Gasteiger partial charge in [-0.05, 0) is 37.0 Å². The molecular formula is C17H19N5O4. The Kier molecular flexibility index (Phi) is 3.78. The van der Waals surface area contributed by atoms with Gasteiger partial charge in [0.15, 0.2) is 0 Å². The first kappa shape index (κ1) is 16.4. The maximum Gasteiger partial charge on any atom is 0.322 e. The van der Waals surface area contributed by atoms with Gasteiger partial charge >= 0.3 is 12.1 Å². The van der Waals surface area contributed by atoms with E-state index in [1.54, 1.807) is 12.1 Å². The molecule has 4 rings (SSSR count). The summed E-state index contributed by atoms with van der Waals surface area (Å²) >= 11 is 0. The highest BCUT2D eigenvalue weighted by molar-refractivity contribution is 6.07. The van der Waals surface area contributed by atoms with Crippen LogP contribution < -0.4 is 21.3 Å². The number of fused-ring (bicyclic) bond motifs is 1. The van der Waals surface area contributed by atoms with Crippen LogP contribution in [-0.4, -0.2) is 53.9 Å². The van der Waals surface area contributed by atoms with Gasteiger partial charge < -0.3 is 20.9 Å². The smallest absolute Gasteiger partial charge is 0.322 e. The van der Waals surface area contributed by atoms with Crippen molar-refractivity contribution in [3.8, 4) is 0 Å². The SMILES string of the molecule is O=C1NC(=O)C2(CCCN(C(=O)Nc3ccc4c(c3)C(=O)NCC4)C2)N1. The lowest BCUT2D eigenvalue weighted by Gasteiger charge is -2.37. The predicted molar refractivity (Wildman–Crippen MR) is 91.7 cm³/mol. The van der Waals surface area contributed by atoms with Crippen molar-refractivity contribution in [2.75, 3.05) is 25.0 Å². The number of nitrogens with one attached hydrogen (secondary N) is 4. The highest BCUT2D eigenvalue weighted by Gasteiger charge is 2.49. The summed E-state index contributed by atoms with van der Waals surface area (Å²) < 4.78 is 0. The van der Waals surface area contributed by atoms with Crippen LogP contribution in [0.1, 0.15) is 28.8 Å². The van der Waals surface area contributed by atoms with Crippen LogP contribution in [0.2, 0.25) is 0 Å². The number of rotatable bonds is 1. The summed E-state index contributed by atoms with van der Waals surface area (Å²) in [7, 11) is 0. The normalized spacial score (nSPS) is 24.6. The van der Waals surface area contributed by atoms with Crippen LogP contribution in [0.15, 0.2) is 18.2 Å². The minimum Gasteiger partial charge on any atom is -0.352 e. The number of hydrogen-bond acceptors (Lipinski definition) is 4. The van der Waals surface area contributed by atoms with E-state index in [1.807, 2.05) is 6.07 Å². The van der Waals surface area contributed by atoms with Crippen molar-refractivity contribution in [3.05, 3.63) is 29.3 Å². The molecule has 0 aromatic heterocycles. The highest BCUT2D eigenvalue weighted by atomic mass is 16.2. The summed E-state index contributed by atoms with van der Waals surface area (Å²) in [5, 5.41) is 10.4. The van der Waals surface area contributed by atoms with E-state index < -0.39 is 17.5 Å². The van der Waals surface area contributed by atoms with Crippen LogP contribution >= 0.6 is 0 Å². The number of likely N-dealkylation sites (tertiary alicyclic amines) is 1. The van der Waals surface area contributed by atoms with Crippen molar-refractivity contribution in [2.24, 2.45) is 0 Å². The second-order valence-electron chi connectivity index (χ2n) is 6.82. The van der Waals surface area contributed by atoms with E-state index in [0.717, 1.165) is 12.0 Å². The average molecular weight is 357 g/mol. The van der Waals surface area contributed by atoms with Crippen molar-refractivity contribution in [1.29, 1.82) is 0 Å². The maximum absolute atomic E-state index is 12.6. The molecule has 6 amide bonds. The molecule has 1 spiro atoms. The van der Waals surface area contributed by atoms with Gasteiger partial charge in [-0.15, -0.1) is 0 Å². The first-order valence-corrected chi connectivity index (χ1v) is 8.57. The van der Waals surface area contributed by atoms with Crippen molar-refractivity contribution in [1.82, 2.24) is 20.9 Å². The van der Waals surface area contributed by atoms with E-state index in [9.17, 15) is 19.2 Å². The highest BCUT2D eigenvalue weighted by Crippen LogP contribution is 2.25. The van der Waals surface area contributed by atoms with E-state index in [-0.39, 0.29) is 18.5 Å². The lowest BCUT2D eigenvalue weighted by molar-refractivity contribution is -0.125. The van der Waals surface area contributed by atoms with Gasteiger partial charge in [-0.3, -0.25) is 14.9 Å². The Morgan fingerprint density at radius 3 is 2.85 bits per heavy atom. The maximum atomic E-state index is 12.6. The molecule has 3 heterocycles. The average Bonchev–Trinajstić information content (AvgIpc) is 2.88. The van der Waals surface area contributed by atoms with Gasteiger partial charge in [0.1, 0.15) is 5.54 Å². The van der Waals surface area contributed by atoms with Crippen molar-refractivity contribution in [3.63, 3.8) is 0 Å². The number of hydrogen-bond donors (Lipinski definition) is 4. The van der Waals surface area contributed by atoms with Crippen LogP contribution in [0, 0.1) is 0 Å². The van der Waals surface area contributed by atoms with Crippen LogP contribution in [0.3, 0.4) is 0 Å². The fraction of sp³-hybridized carbons (Fsp3) is 0.412. The molecule has 0 radical (unpaired) electrons. The first-order chi connectivity index (χ1) is 12.5. The zero-order valence-corrected chi connectivity index (χ0v) is 14.1. The van der Waals surface area contributed by atoms with E-state index in [4.69, 9.17) is 0 Å². The zero-order chi connectivity index (χ0) is 18.3. The standard InChI is InChI=1S/C17H19N5O4/c23-13-12-8-11(3-2-10(12)4-6-18-13)19-16(26)22-7-1-5-17(9-22)14(24)20-15(25)21-17/h2-3,8H,1,4-7,9H2,(H,18,23)(H,19,26)(H2,20,21,24,25). The van der Waals surface area contributed by atoms with Gasteiger partial charge in [-0.1, -0.05) is 6.07 Å². The third-order valence-corrected chi connectivity index (χ3v) is 5.08. The molecule has 9 nitrogen and oxygen atoms in total. The predicted octanol–water partition coefficient (Wildman–Crippen LogP) is 0.178. The number of piperidine rings is 1. The quantitative estimate of drug-likeness (QED) is 0.536. The van der Waals surface area contributed by atoms with Crippen molar-refractivity contribution >= 4 is 29.6 Å². The monoisotopic (exact) mass is 357 g/mol. The summed E-state index contributed by atoms with van der Waals surface area (Å²) in [6.45, 7) is 1.21. The fourth-order valence-corrected chi connectivity index (χ4v) is 3.74. The van der Waals surface area contributed by atoms with Crippen molar-refractivity contribution in [2.45, 2.75) is 24.8 Å². The molecule has 3 aliphatic rings. The number of amides is 6. The topological polar surface area (TPSA) is 120 Å². The first-order valence-electron chi connectivity index (χ1n) is 8.57. The molecule has 1 aromatic rings. The minimum absolute atomic E-state index is 0.113. The molecule has 1 unspecified atom stereocenters. The van der Waals surface area contributed by atoms with Crippen molar-refractivity contribution < 1.29 is 19.2 Å². The molecule has 4 N–H and O–H groups in total. The molecule has 136 valence electrons. The number of urea groups is 2. The zero-order valence-electron chi connectivity index (χ0n) is 14.1. The largest absolute Gasteiger partial charge is 0.352 e. The number of carbonyl (C=O) groups excluding carboxylic acids is 4. The number of benzene rings is 1. The van der Waals surface area contributed by atoms with E-state index in [2.05, 4.69) is 21.3 Å². The Morgan fingerprint density at radius 2 is 2.08 bits per heavy atom. The molecule has 26 heavy (non-hydrogen) atoms. The van der Waals surface area contributed by atoms with E-state index >= 15 is 0 Å². The summed E-state index contributed by atoms with van der Waals surface area (Å²) in [5.74, 6) is -0.546. The minimum atomic E-state index is -1.05. The van der Waals surface area contributed by atoms with Crippen LogP contribution in [-0.2, 0) is 11.2 Å². The lowest BCUT2D eigenvalue weighted by Crippen LogP contribution is -2.60. The van der Waals surface area contributed by atoms with Gasteiger partial charge in [0.25, 0.3) is 11.8 Å². The van der Waals surface area contributed by atoms with Gasteiger partial charge in [0, 0.05) is 24.3 Å². The molecule has 1 atom stereocenters. The number of nitrogens with zero attached hydrogens (tertiary/aromatic N) is 1. The second-order valence-corrected chi connectivity index (χ2v) is 6.82. The molecular weight excluding hydrogens is 338 g/mol. The molecule has 1 aromatic carbocycles. The van der Waals surface area contributed by atoms with Gasteiger partial charge in [0.05, 0.1) is 6.54 Å². The molecule has 2 saturated heterocycles. The number of anilines is 1. The lowest BCUT2D eigenvalue weighted by atomic mass is 9.89. The fourth-order valence-electron chi connectivity index (χ4n) is 3.74. The summed E-state index contributed by atoms with van der Waals surface area (Å²) in [6, 6.07) is 4.36. The Morgan fingerprint density at radius 1 is 1.23 bits per heavy atom. The van der Waals surface area contributed by atoms with Crippen LogP contribution in [0.25, 0.3) is 0 Å². The Hall–Kier alpha value is -3.10. The molecule has 3 aliphatic heterocycles. The Balaban J connectivity index is 1.48. The number of carbonyl (C=O) groups is 4. The van der Waals surface area contributed by atoms with Crippen LogP contribution in [0.4, 0.5) is 15.3 Å². The Bertz CT molecular complexity index is 823. The van der Waals surface area contributed by atoms with E-state index in [0.29, 0.717) is 37.2 Å². The summed E-state index contributed by atoms with van der Waals surface area (Å²) in [4.78, 5) is 49.6. The molecule has 0 aliphatic carbocycles. The summed E-state index contributed by atoms with van der Waals surface area (Å²) in [5.41, 5.74) is 0.980. The summed E-state index contributed by atoms with van der Waals surface area (Å²) in [6.07, 6.45) is 1.86.